The van der Waals surface area contributed by atoms with Crippen molar-refractivity contribution in [2.45, 2.75) is 11.3 Å². The maximum absolute atomic E-state index is 12.9. The first-order chi connectivity index (χ1) is 11.5. The molecule has 0 fully saturated rings. The highest BCUT2D eigenvalue weighted by molar-refractivity contribution is 8.01. The number of hydrogen-bond donors (Lipinski definition) is 0. The highest BCUT2D eigenvalue weighted by Gasteiger charge is 2.11. The highest BCUT2D eigenvalue weighted by Crippen LogP contribution is 2.25. The van der Waals surface area contributed by atoms with Crippen molar-refractivity contribution >= 4 is 41.1 Å². The third-order valence-corrected chi connectivity index (χ3v) is 5.73. The van der Waals surface area contributed by atoms with Crippen molar-refractivity contribution in [1.29, 1.82) is 0 Å². The van der Waals surface area contributed by atoms with Crippen LogP contribution in [0.2, 0.25) is 0 Å². The van der Waals surface area contributed by atoms with Crippen molar-refractivity contribution in [3.05, 3.63) is 69.4 Å². The van der Waals surface area contributed by atoms with Crippen LogP contribution in [0.4, 0.5) is 4.39 Å². The summed E-state index contributed by atoms with van der Waals surface area (Å²) in [5.74, 6) is -0.181. The van der Waals surface area contributed by atoms with E-state index >= 15 is 0 Å². The molecule has 0 aliphatic carbocycles. The first-order valence-electron chi connectivity index (χ1n) is 7.12. The summed E-state index contributed by atoms with van der Waals surface area (Å²) in [6.45, 7) is 2.00. The van der Waals surface area contributed by atoms with E-state index in [4.69, 9.17) is 12.2 Å². The van der Waals surface area contributed by atoms with Gasteiger partial charge in [0.2, 0.25) is 0 Å². The number of hydrogen-bond acceptors (Lipinski definition) is 5. The molecule has 0 aliphatic heterocycles. The standard InChI is InChI=1S/C17H13FN2OS3/c1-11-4-2-3-5-14(11)20-17(22)24-16(19-20)23-10-15(21)12-6-8-13(18)9-7-12/h2-9H,10H2,1H3. The Morgan fingerprint density at radius 2 is 1.96 bits per heavy atom. The van der Waals surface area contributed by atoms with Crippen LogP contribution in [0.1, 0.15) is 15.9 Å². The lowest BCUT2D eigenvalue weighted by Crippen LogP contribution is -2.02. The largest absolute Gasteiger partial charge is 0.293 e. The lowest BCUT2D eigenvalue weighted by Gasteiger charge is -2.04. The Morgan fingerprint density at radius 1 is 1.25 bits per heavy atom. The summed E-state index contributed by atoms with van der Waals surface area (Å²) in [7, 11) is 0. The van der Waals surface area contributed by atoms with Crippen LogP contribution in [0.3, 0.4) is 0 Å². The van der Waals surface area contributed by atoms with Crippen molar-refractivity contribution in [2.24, 2.45) is 0 Å². The van der Waals surface area contributed by atoms with E-state index in [2.05, 4.69) is 5.10 Å². The minimum atomic E-state index is -0.353. The minimum Gasteiger partial charge on any atom is -0.293 e. The molecule has 2 aromatic carbocycles. The van der Waals surface area contributed by atoms with Gasteiger partial charge in [0.15, 0.2) is 14.1 Å². The quantitative estimate of drug-likeness (QED) is 0.353. The lowest BCUT2D eigenvalue weighted by atomic mass is 10.1. The summed E-state index contributed by atoms with van der Waals surface area (Å²) in [5, 5.41) is 4.50. The molecule has 3 rings (SSSR count). The van der Waals surface area contributed by atoms with Gasteiger partial charge in [0.25, 0.3) is 0 Å². The molecule has 0 aliphatic rings. The minimum absolute atomic E-state index is 0.0661. The zero-order valence-corrected chi connectivity index (χ0v) is 15.2. The van der Waals surface area contributed by atoms with E-state index in [1.54, 1.807) is 4.68 Å². The van der Waals surface area contributed by atoms with E-state index < -0.39 is 0 Å². The molecule has 1 aromatic heterocycles. The average molecular weight is 377 g/mol. The molecule has 0 N–H and O–H groups in total. The molecule has 24 heavy (non-hydrogen) atoms. The molecule has 0 radical (unpaired) electrons. The number of aromatic nitrogens is 2. The van der Waals surface area contributed by atoms with E-state index in [1.165, 1.54) is 47.4 Å². The van der Waals surface area contributed by atoms with Crippen LogP contribution in [-0.4, -0.2) is 21.3 Å². The van der Waals surface area contributed by atoms with Gasteiger partial charge < -0.3 is 0 Å². The monoisotopic (exact) mass is 376 g/mol. The van der Waals surface area contributed by atoms with Crippen LogP contribution < -0.4 is 0 Å². The number of Topliss-reactive ketones (excluding diaryl/α,β-unsaturated/α-hetero) is 1. The molecular formula is C17H13FN2OS3. The maximum atomic E-state index is 12.9. The van der Waals surface area contributed by atoms with Crippen molar-refractivity contribution in [3.63, 3.8) is 0 Å². The van der Waals surface area contributed by atoms with E-state index in [1.807, 2.05) is 31.2 Å². The van der Waals surface area contributed by atoms with Gasteiger partial charge in [0, 0.05) is 5.56 Å². The van der Waals surface area contributed by atoms with Crippen LogP contribution in [0.25, 0.3) is 5.69 Å². The Kier molecular flexibility index (Phi) is 5.23. The van der Waals surface area contributed by atoms with Crippen LogP contribution in [0.5, 0.6) is 0 Å². The van der Waals surface area contributed by atoms with Crippen molar-refractivity contribution in [1.82, 2.24) is 9.78 Å². The third kappa shape index (κ3) is 3.80. The van der Waals surface area contributed by atoms with E-state index in [-0.39, 0.29) is 17.4 Å². The van der Waals surface area contributed by atoms with Crippen molar-refractivity contribution in [2.75, 3.05) is 5.75 Å². The first-order valence-corrected chi connectivity index (χ1v) is 9.33. The molecule has 7 heteroatoms. The fraction of sp³-hybridized carbons (Fsp3) is 0.118. The Balaban J connectivity index is 1.74. The predicted octanol–water partition coefficient (Wildman–Crippen LogP) is 5.09. The molecule has 0 saturated heterocycles. The Hall–Kier alpha value is -1.83. The van der Waals surface area contributed by atoms with Gasteiger partial charge in [-0.2, -0.15) is 0 Å². The first kappa shape index (κ1) is 17.0. The van der Waals surface area contributed by atoms with E-state index in [0.717, 1.165) is 15.6 Å². The number of carbonyl (C=O) groups excluding carboxylic acids is 1. The molecule has 0 bridgehead atoms. The Morgan fingerprint density at radius 3 is 2.67 bits per heavy atom. The van der Waals surface area contributed by atoms with Gasteiger partial charge in [-0.1, -0.05) is 41.3 Å². The fourth-order valence-electron chi connectivity index (χ4n) is 2.12. The van der Waals surface area contributed by atoms with Gasteiger partial charge in [0.05, 0.1) is 11.4 Å². The zero-order valence-electron chi connectivity index (χ0n) is 12.7. The molecule has 0 spiro atoms. The SMILES string of the molecule is Cc1ccccc1-n1nc(SCC(=O)c2ccc(F)cc2)sc1=S. The van der Waals surface area contributed by atoms with E-state index in [9.17, 15) is 9.18 Å². The summed E-state index contributed by atoms with van der Waals surface area (Å²) < 4.78 is 16.0. The molecule has 0 amide bonds. The summed E-state index contributed by atoms with van der Waals surface area (Å²) in [4.78, 5) is 12.1. The molecule has 0 atom stereocenters. The number of ketones is 1. The van der Waals surface area contributed by atoms with Gasteiger partial charge in [-0.15, -0.1) is 5.10 Å². The lowest BCUT2D eigenvalue weighted by molar-refractivity contribution is 0.102. The van der Waals surface area contributed by atoms with E-state index in [0.29, 0.717) is 9.52 Å². The summed E-state index contributed by atoms with van der Waals surface area (Å²) >= 11 is 8.10. The van der Waals surface area contributed by atoms with Gasteiger partial charge in [-0.05, 0) is 55.0 Å². The number of thioether (sulfide) groups is 1. The number of benzene rings is 2. The number of aryl methyl sites for hydroxylation is 1. The normalized spacial score (nSPS) is 10.8. The molecule has 3 nitrogen and oxygen atoms in total. The highest BCUT2D eigenvalue weighted by atomic mass is 32.2. The second-order valence-corrected chi connectivity index (χ2v) is 7.90. The van der Waals surface area contributed by atoms with Gasteiger partial charge in [-0.3, -0.25) is 4.79 Å². The third-order valence-electron chi connectivity index (χ3n) is 3.37. The molecular weight excluding hydrogens is 363 g/mol. The second-order valence-electron chi connectivity index (χ2n) is 5.05. The Labute approximate surface area is 152 Å². The van der Waals surface area contributed by atoms with Crippen LogP contribution in [0, 0.1) is 16.7 Å². The summed E-state index contributed by atoms with van der Waals surface area (Å²) in [6, 6.07) is 13.4. The summed E-state index contributed by atoms with van der Waals surface area (Å²) in [6.07, 6.45) is 0. The van der Waals surface area contributed by atoms with Crippen LogP contribution in [0.15, 0.2) is 52.9 Å². The second kappa shape index (κ2) is 7.38. The zero-order chi connectivity index (χ0) is 17.1. The predicted molar refractivity (Wildman–Crippen MR) is 98.5 cm³/mol. The molecule has 122 valence electrons. The van der Waals surface area contributed by atoms with Gasteiger partial charge in [-0.25, -0.2) is 9.07 Å². The number of carbonyl (C=O) groups is 1. The van der Waals surface area contributed by atoms with Crippen molar-refractivity contribution < 1.29 is 9.18 Å². The van der Waals surface area contributed by atoms with Crippen LogP contribution in [-0.2, 0) is 0 Å². The molecule has 0 unspecified atom stereocenters. The molecule has 1 heterocycles. The number of nitrogens with zero attached hydrogens (tertiary/aromatic N) is 2. The molecule has 3 aromatic rings. The summed E-state index contributed by atoms with van der Waals surface area (Å²) in [5.41, 5.74) is 2.51. The fourth-order valence-corrected chi connectivity index (χ4v) is 4.36. The number of halogens is 1. The number of para-hydroxylation sites is 1. The molecule has 0 saturated carbocycles. The maximum Gasteiger partial charge on any atom is 0.184 e. The van der Waals surface area contributed by atoms with Gasteiger partial charge in [0.1, 0.15) is 5.82 Å². The smallest absolute Gasteiger partial charge is 0.184 e. The number of rotatable bonds is 5. The van der Waals surface area contributed by atoms with Crippen molar-refractivity contribution in [3.8, 4) is 5.69 Å². The topological polar surface area (TPSA) is 34.9 Å². The van der Waals surface area contributed by atoms with Crippen LogP contribution >= 0.6 is 35.3 Å². The Bertz CT molecular complexity index is 932. The van der Waals surface area contributed by atoms with Gasteiger partial charge >= 0.3 is 0 Å². The average Bonchev–Trinajstić information content (AvgIpc) is 2.94.